The zero-order valence-electron chi connectivity index (χ0n) is 20.3. The molecule has 0 radical (unpaired) electrons. The Balaban J connectivity index is 1.72. The summed E-state index contributed by atoms with van der Waals surface area (Å²) in [6.07, 6.45) is 0.340. The Labute approximate surface area is 206 Å². The van der Waals surface area contributed by atoms with Crippen molar-refractivity contribution in [1.29, 1.82) is 0 Å². The first-order valence-electron chi connectivity index (χ1n) is 11.5. The van der Waals surface area contributed by atoms with Gasteiger partial charge in [0.25, 0.3) is 0 Å². The Morgan fingerprint density at radius 2 is 1.80 bits per heavy atom. The zero-order valence-corrected chi connectivity index (χ0v) is 21.1. The van der Waals surface area contributed by atoms with Crippen molar-refractivity contribution in [1.82, 2.24) is 4.90 Å². The Morgan fingerprint density at radius 3 is 2.43 bits per heavy atom. The van der Waals surface area contributed by atoms with Crippen molar-refractivity contribution in [2.75, 3.05) is 45.5 Å². The molecule has 1 saturated heterocycles. The number of nitrogens with zero attached hydrogens (tertiary/aromatic N) is 1. The molecule has 1 heterocycles. The largest absolute Gasteiger partial charge is 0.493 e. The third-order valence-corrected chi connectivity index (χ3v) is 7.59. The highest BCUT2D eigenvalue weighted by Crippen LogP contribution is 2.30. The quantitative estimate of drug-likeness (QED) is 0.408. The van der Waals surface area contributed by atoms with Gasteiger partial charge in [-0.1, -0.05) is 6.07 Å². The predicted molar refractivity (Wildman–Crippen MR) is 132 cm³/mol. The number of carbonyl (C=O) groups excluding carboxylic acids is 1. The lowest BCUT2D eigenvalue weighted by Crippen LogP contribution is -2.42. The van der Waals surface area contributed by atoms with Crippen LogP contribution in [-0.2, 0) is 16.4 Å². The van der Waals surface area contributed by atoms with Crippen molar-refractivity contribution in [3.05, 3.63) is 47.5 Å². The Bertz CT molecular complexity index is 1100. The Morgan fingerprint density at radius 1 is 1.06 bits per heavy atom. The van der Waals surface area contributed by atoms with Crippen LogP contribution in [0.3, 0.4) is 0 Å². The number of hydrogen-bond donors (Lipinski definition) is 1. The fourth-order valence-electron chi connectivity index (χ4n) is 4.11. The topological polar surface area (TPSA) is 112 Å². The molecule has 9 nitrogen and oxygen atoms in total. The first-order valence-corrected chi connectivity index (χ1v) is 13.3. The molecule has 2 atom stereocenters. The molecule has 1 aliphatic heterocycles. The highest BCUT2D eigenvalue weighted by Gasteiger charge is 2.33. The maximum Gasteiger partial charge on any atom is 0.161 e. The smallest absolute Gasteiger partial charge is 0.161 e. The van der Waals surface area contributed by atoms with Gasteiger partial charge in [-0.25, -0.2) is 8.42 Å². The Kier molecular flexibility index (Phi) is 9.36. The van der Waals surface area contributed by atoms with E-state index in [1.54, 1.807) is 38.5 Å². The lowest BCUT2D eigenvalue weighted by Gasteiger charge is -2.30. The highest BCUT2D eigenvalue weighted by atomic mass is 32.2. The fraction of sp³-hybridized carbons (Fsp3) is 0.480. The van der Waals surface area contributed by atoms with Crippen molar-refractivity contribution in [2.24, 2.45) is 0 Å². The molecular weight excluding hydrogens is 474 g/mol. The van der Waals surface area contributed by atoms with E-state index in [1.165, 1.54) is 0 Å². The number of aldehydes is 1. The second-order valence-electron chi connectivity index (χ2n) is 8.40. The zero-order chi connectivity index (χ0) is 25.4. The van der Waals surface area contributed by atoms with Crippen LogP contribution in [0.15, 0.2) is 36.4 Å². The third kappa shape index (κ3) is 7.33. The van der Waals surface area contributed by atoms with Crippen LogP contribution < -0.4 is 18.9 Å². The molecule has 3 rings (SSSR count). The van der Waals surface area contributed by atoms with Crippen LogP contribution >= 0.6 is 0 Å². The normalized spacial score (nSPS) is 17.7. The number of hydrogen-bond acceptors (Lipinski definition) is 9. The molecular formula is C25H33NO8S. The van der Waals surface area contributed by atoms with Crippen LogP contribution in [-0.4, -0.2) is 82.3 Å². The van der Waals surface area contributed by atoms with Gasteiger partial charge in [0.15, 0.2) is 32.8 Å². The van der Waals surface area contributed by atoms with Gasteiger partial charge in [0.2, 0.25) is 0 Å². The third-order valence-electron chi connectivity index (χ3n) is 5.84. The molecule has 0 spiro atoms. The first kappa shape index (κ1) is 26.8. The van der Waals surface area contributed by atoms with E-state index in [4.69, 9.17) is 18.9 Å². The summed E-state index contributed by atoms with van der Waals surface area (Å²) >= 11 is 0. The number of benzene rings is 2. The van der Waals surface area contributed by atoms with Crippen LogP contribution in [0.2, 0.25) is 0 Å². The summed E-state index contributed by atoms with van der Waals surface area (Å²) in [5, 5.41) is 10.8. The van der Waals surface area contributed by atoms with Crippen LogP contribution in [0, 0.1) is 0 Å². The van der Waals surface area contributed by atoms with Gasteiger partial charge in [-0.3, -0.25) is 9.69 Å². The molecule has 0 aromatic heterocycles. The fourth-order valence-corrected chi connectivity index (χ4v) is 5.88. The van der Waals surface area contributed by atoms with E-state index >= 15 is 0 Å². The van der Waals surface area contributed by atoms with Gasteiger partial charge in [-0.05, 0) is 49.2 Å². The number of aliphatic hydroxyl groups excluding tert-OH is 1. The summed E-state index contributed by atoms with van der Waals surface area (Å²) in [5.74, 6) is 2.21. The number of carbonyl (C=O) groups is 1. The molecule has 2 aromatic carbocycles. The van der Waals surface area contributed by atoms with E-state index in [-0.39, 0.29) is 30.7 Å². The average Bonchev–Trinajstić information content (AvgIpc) is 3.22. The molecule has 0 saturated carbocycles. The number of sulfone groups is 1. The Hall–Kier alpha value is -2.82. The summed E-state index contributed by atoms with van der Waals surface area (Å²) < 4.78 is 46.3. The molecule has 2 aromatic rings. The van der Waals surface area contributed by atoms with Crippen LogP contribution in [0.1, 0.15) is 29.3 Å². The van der Waals surface area contributed by atoms with Crippen LogP contribution in [0.5, 0.6) is 23.0 Å². The van der Waals surface area contributed by atoms with Gasteiger partial charge in [0.05, 0.1) is 32.3 Å². The van der Waals surface area contributed by atoms with Crippen molar-refractivity contribution in [3.8, 4) is 23.0 Å². The number of aliphatic hydroxyl groups is 1. The van der Waals surface area contributed by atoms with Crippen molar-refractivity contribution in [3.63, 3.8) is 0 Å². The van der Waals surface area contributed by atoms with Gasteiger partial charge in [-0.2, -0.15) is 0 Å². The molecule has 1 N–H and O–H groups in total. The molecule has 192 valence electrons. The van der Waals surface area contributed by atoms with E-state index in [0.29, 0.717) is 48.1 Å². The second-order valence-corrected chi connectivity index (χ2v) is 10.6. The second kappa shape index (κ2) is 12.2. The van der Waals surface area contributed by atoms with Crippen LogP contribution in [0.25, 0.3) is 0 Å². The predicted octanol–water partition coefficient (Wildman–Crippen LogP) is 2.34. The van der Waals surface area contributed by atoms with Crippen molar-refractivity contribution < 1.29 is 37.3 Å². The minimum absolute atomic E-state index is 0.0254. The number of ether oxygens (including phenoxy) is 4. The average molecular weight is 508 g/mol. The summed E-state index contributed by atoms with van der Waals surface area (Å²) in [4.78, 5) is 13.0. The molecule has 0 bridgehead atoms. The van der Waals surface area contributed by atoms with Crippen LogP contribution in [0.4, 0.5) is 0 Å². The minimum atomic E-state index is -3.11. The lowest BCUT2D eigenvalue weighted by atomic mass is 10.1. The first-order chi connectivity index (χ1) is 16.8. The summed E-state index contributed by atoms with van der Waals surface area (Å²) in [7, 11) is 0.0101. The monoisotopic (exact) mass is 507 g/mol. The van der Waals surface area contributed by atoms with E-state index in [0.717, 1.165) is 11.8 Å². The summed E-state index contributed by atoms with van der Waals surface area (Å²) in [6, 6.07) is 10.2. The molecule has 10 heteroatoms. The van der Waals surface area contributed by atoms with Gasteiger partial charge < -0.3 is 24.1 Å². The minimum Gasteiger partial charge on any atom is -0.493 e. The molecule has 0 amide bonds. The molecule has 0 aliphatic carbocycles. The molecule has 35 heavy (non-hydrogen) atoms. The van der Waals surface area contributed by atoms with Gasteiger partial charge in [0, 0.05) is 24.7 Å². The highest BCUT2D eigenvalue weighted by molar-refractivity contribution is 7.91. The lowest BCUT2D eigenvalue weighted by molar-refractivity contribution is 0.0515. The SMILES string of the molecule is CCOc1cc(C=O)ccc1OCC(O)CN(Cc1ccc(OC)c(OC)c1)C1CCS(=O)(=O)C1. The van der Waals surface area contributed by atoms with Crippen molar-refractivity contribution >= 4 is 16.1 Å². The maximum atomic E-state index is 12.1. The number of methoxy groups -OCH3 is 2. The molecule has 2 unspecified atom stereocenters. The van der Waals surface area contributed by atoms with E-state index in [9.17, 15) is 18.3 Å². The molecule has 1 aliphatic rings. The van der Waals surface area contributed by atoms with Gasteiger partial charge >= 0.3 is 0 Å². The van der Waals surface area contributed by atoms with E-state index in [1.807, 2.05) is 24.0 Å². The van der Waals surface area contributed by atoms with Gasteiger partial charge in [-0.15, -0.1) is 0 Å². The van der Waals surface area contributed by atoms with E-state index < -0.39 is 15.9 Å². The molecule has 1 fully saturated rings. The van der Waals surface area contributed by atoms with Gasteiger partial charge in [0.1, 0.15) is 19.0 Å². The number of rotatable bonds is 13. The van der Waals surface area contributed by atoms with Crippen molar-refractivity contribution in [2.45, 2.75) is 32.0 Å². The summed E-state index contributed by atoms with van der Waals surface area (Å²) in [5.41, 5.74) is 1.37. The maximum absolute atomic E-state index is 12.1. The van der Waals surface area contributed by atoms with E-state index in [2.05, 4.69) is 0 Å². The summed E-state index contributed by atoms with van der Waals surface area (Å²) in [6.45, 7) is 2.84. The standard InChI is InChI=1S/C25H33NO8S/c1-4-33-25-12-19(15-27)6-8-23(25)34-16-21(28)14-26(20-9-10-35(29,30)17-20)13-18-5-7-22(31-2)24(11-18)32-3/h5-8,11-12,15,20-21,28H,4,9-10,13-14,16-17H2,1-3H3.